The average Bonchev–Trinajstić information content (AvgIpc) is 3.42. The Morgan fingerprint density at radius 1 is 0.848 bits per heavy atom. The SMILES string of the molecule is Cc1ccc2[nH]cc(C3=NC4c5cc([N+](=O)[O-])ccc5-c5ccc([N+](=O)[O-])cc5C4N3)c2c1. The maximum atomic E-state index is 11.5. The van der Waals surface area contributed by atoms with Crippen LogP contribution in [0, 0.1) is 27.2 Å². The van der Waals surface area contributed by atoms with Crippen LogP contribution in [0.5, 0.6) is 0 Å². The van der Waals surface area contributed by atoms with E-state index in [2.05, 4.69) is 16.4 Å². The minimum atomic E-state index is -0.445. The highest BCUT2D eigenvalue weighted by molar-refractivity contribution is 6.11. The molecule has 2 atom stereocenters. The summed E-state index contributed by atoms with van der Waals surface area (Å²) < 4.78 is 0. The number of fused-ring (bicyclic) bond motifs is 7. The molecule has 3 aromatic carbocycles. The Morgan fingerprint density at radius 3 is 2.21 bits per heavy atom. The van der Waals surface area contributed by atoms with E-state index in [1.807, 2.05) is 25.3 Å². The van der Waals surface area contributed by atoms with Gasteiger partial charge in [-0.25, -0.2) is 0 Å². The van der Waals surface area contributed by atoms with Crippen molar-refractivity contribution >= 4 is 28.1 Å². The van der Waals surface area contributed by atoms with Gasteiger partial charge >= 0.3 is 0 Å². The molecule has 162 valence electrons. The molecule has 0 saturated heterocycles. The third-order valence-corrected chi connectivity index (χ3v) is 6.40. The van der Waals surface area contributed by atoms with Crippen LogP contribution >= 0.6 is 0 Å². The summed E-state index contributed by atoms with van der Waals surface area (Å²) in [5.74, 6) is 0.652. The molecule has 0 fully saturated rings. The maximum Gasteiger partial charge on any atom is 0.269 e. The molecule has 33 heavy (non-hydrogen) atoms. The van der Waals surface area contributed by atoms with E-state index in [0.29, 0.717) is 5.84 Å². The number of benzene rings is 3. The Morgan fingerprint density at radius 2 is 1.52 bits per heavy atom. The fourth-order valence-electron chi connectivity index (χ4n) is 4.87. The van der Waals surface area contributed by atoms with E-state index in [1.165, 1.54) is 12.1 Å². The number of rotatable bonds is 3. The summed E-state index contributed by atoms with van der Waals surface area (Å²) in [6.07, 6.45) is 1.88. The maximum absolute atomic E-state index is 11.5. The number of aromatic nitrogens is 1. The molecule has 1 aromatic heterocycles. The lowest BCUT2D eigenvalue weighted by molar-refractivity contribution is -0.385. The minimum absolute atomic E-state index is 0.00386. The zero-order chi connectivity index (χ0) is 22.9. The second-order valence-corrected chi connectivity index (χ2v) is 8.35. The van der Waals surface area contributed by atoms with E-state index in [0.717, 1.165) is 44.3 Å². The highest BCUT2D eigenvalue weighted by Crippen LogP contribution is 2.50. The van der Waals surface area contributed by atoms with E-state index < -0.39 is 15.9 Å². The number of non-ortho nitro benzene ring substituents is 2. The fourth-order valence-corrected chi connectivity index (χ4v) is 4.87. The predicted octanol–water partition coefficient (Wildman–Crippen LogP) is 5.11. The summed E-state index contributed by atoms with van der Waals surface area (Å²) in [4.78, 5) is 30.3. The molecule has 0 spiro atoms. The van der Waals surface area contributed by atoms with Crippen molar-refractivity contribution in [3.63, 3.8) is 0 Å². The van der Waals surface area contributed by atoms with Gasteiger partial charge in [0, 0.05) is 46.9 Å². The van der Waals surface area contributed by atoms with Gasteiger partial charge in [-0.3, -0.25) is 25.2 Å². The topological polar surface area (TPSA) is 126 Å². The second kappa shape index (κ2) is 6.73. The molecule has 1 aliphatic heterocycles. The van der Waals surface area contributed by atoms with Crippen molar-refractivity contribution in [1.29, 1.82) is 0 Å². The van der Waals surface area contributed by atoms with E-state index in [4.69, 9.17) is 4.99 Å². The van der Waals surface area contributed by atoms with Gasteiger partial charge in [-0.2, -0.15) is 0 Å². The smallest absolute Gasteiger partial charge is 0.269 e. The Kier molecular flexibility index (Phi) is 3.91. The van der Waals surface area contributed by atoms with Gasteiger partial charge in [0.1, 0.15) is 11.9 Å². The van der Waals surface area contributed by atoms with Gasteiger partial charge in [-0.05, 0) is 53.4 Å². The first-order chi connectivity index (χ1) is 15.9. The normalized spacial score (nSPS) is 18.2. The quantitative estimate of drug-likeness (QED) is 0.339. The molecule has 9 heteroatoms. The summed E-state index contributed by atoms with van der Waals surface area (Å²) in [5.41, 5.74) is 6.06. The van der Waals surface area contributed by atoms with Gasteiger partial charge in [-0.15, -0.1) is 0 Å². The van der Waals surface area contributed by atoms with E-state index in [-0.39, 0.29) is 17.4 Å². The van der Waals surface area contributed by atoms with Crippen molar-refractivity contribution in [2.75, 3.05) is 0 Å². The van der Waals surface area contributed by atoms with Crippen molar-refractivity contribution in [3.8, 4) is 11.1 Å². The lowest BCUT2D eigenvalue weighted by atomic mass is 9.79. The average molecular weight is 439 g/mol. The van der Waals surface area contributed by atoms with Crippen molar-refractivity contribution < 1.29 is 9.85 Å². The molecule has 0 saturated carbocycles. The monoisotopic (exact) mass is 439 g/mol. The van der Waals surface area contributed by atoms with Crippen molar-refractivity contribution in [2.45, 2.75) is 19.0 Å². The Hall–Kier alpha value is -4.53. The van der Waals surface area contributed by atoms with Gasteiger partial charge < -0.3 is 10.3 Å². The number of aryl methyl sites for hydroxylation is 1. The number of hydrogen-bond donors (Lipinski definition) is 2. The largest absolute Gasteiger partial charge is 0.360 e. The number of nitrogens with one attached hydrogen (secondary N) is 2. The molecular weight excluding hydrogens is 422 g/mol. The number of nitro groups is 2. The number of hydrogen-bond acceptors (Lipinski definition) is 6. The van der Waals surface area contributed by atoms with Gasteiger partial charge in [0.2, 0.25) is 0 Å². The first kappa shape index (κ1) is 19.2. The standard InChI is InChI=1S/C24H17N5O4/c1-12-2-7-21-17(8-12)20(11-25-21)24-26-22-18-9-13(28(30)31)3-5-15(18)16-6-4-14(29(32)33)10-19(16)23(22)27-24/h2-11,22-23,25H,1H3,(H,26,27). The molecule has 1 aliphatic carbocycles. The van der Waals surface area contributed by atoms with Crippen molar-refractivity contribution in [3.05, 3.63) is 103 Å². The number of H-pyrrole nitrogens is 1. The zero-order valence-electron chi connectivity index (χ0n) is 17.4. The molecule has 6 rings (SSSR count). The van der Waals surface area contributed by atoms with Gasteiger partial charge in [0.15, 0.2) is 0 Å². The summed E-state index contributed by atoms with van der Waals surface area (Å²) >= 11 is 0. The fraction of sp³-hybridized carbons (Fsp3) is 0.125. The van der Waals surface area contributed by atoms with Crippen LogP contribution in [0.3, 0.4) is 0 Å². The predicted molar refractivity (Wildman–Crippen MR) is 123 cm³/mol. The molecule has 2 heterocycles. The first-order valence-corrected chi connectivity index (χ1v) is 10.4. The summed E-state index contributed by atoms with van der Waals surface area (Å²) in [5, 5.41) is 27.4. The molecule has 9 nitrogen and oxygen atoms in total. The van der Waals surface area contributed by atoms with Gasteiger partial charge in [-0.1, -0.05) is 11.6 Å². The zero-order valence-corrected chi connectivity index (χ0v) is 17.4. The van der Waals surface area contributed by atoms with E-state index in [1.54, 1.807) is 24.3 Å². The van der Waals surface area contributed by atoms with Crippen LogP contribution in [0.2, 0.25) is 0 Å². The van der Waals surface area contributed by atoms with Crippen LogP contribution in [-0.4, -0.2) is 20.7 Å². The number of amidine groups is 1. The summed E-state index contributed by atoms with van der Waals surface area (Å²) in [6.45, 7) is 2.02. The van der Waals surface area contributed by atoms with Gasteiger partial charge in [0.25, 0.3) is 11.4 Å². The summed E-state index contributed by atoms with van der Waals surface area (Å²) in [6, 6.07) is 14.8. The van der Waals surface area contributed by atoms with Gasteiger partial charge in [0.05, 0.1) is 15.9 Å². The highest BCUT2D eigenvalue weighted by Gasteiger charge is 2.40. The second-order valence-electron chi connectivity index (χ2n) is 8.35. The van der Waals surface area contributed by atoms with Crippen LogP contribution in [0.1, 0.15) is 34.3 Å². The third kappa shape index (κ3) is 2.82. The number of nitrogens with zero attached hydrogens (tertiary/aromatic N) is 3. The molecule has 2 aliphatic rings. The van der Waals surface area contributed by atoms with Crippen molar-refractivity contribution in [1.82, 2.24) is 10.3 Å². The molecule has 0 radical (unpaired) electrons. The molecule has 2 unspecified atom stereocenters. The van der Waals surface area contributed by atoms with Crippen LogP contribution in [-0.2, 0) is 0 Å². The Balaban J connectivity index is 1.56. The van der Waals surface area contributed by atoms with Crippen LogP contribution < -0.4 is 5.32 Å². The van der Waals surface area contributed by atoms with Crippen LogP contribution in [0.15, 0.2) is 65.8 Å². The minimum Gasteiger partial charge on any atom is -0.360 e. The van der Waals surface area contributed by atoms with Crippen molar-refractivity contribution in [2.24, 2.45) is 4.99 Å². The molecule has 0 bridgehead atoms. The molecular formula is C24H17N5O4. The molecule has 0 amide bonds. The van der Waals surface area contributed by atoms with Crippen LogP contribution in [0.4, 0.5) is 11.4 Å². The molecule has 2 N–H and O–H groups in total. The number of aromatic amines is 1. The third-order valence-electron chi connectivity index (χ3n) is 6.40. The summed E-state index contributed by atoms with van der Waals surface area (Å²) in [7, 11) is 0. The number of aliphatic imine (C=N–C) groups is 1. The van der Waals surface area contributed by atoms with Crippen LogP contribution in [0.25, 0.3) is 22.0 Å². The van der Waals surface area contributed by atoms with E-state index in [9.17, 15) is 20.2 Å². The highest BCUT2D eigenvalue weighted by atomic mass is 16.6. The Bertz CT molecular complexity index is 1540. The first-order valence-electron chi connectivity index (χ1n) is 10.4. The lowest BCUT2D eigenvalue weighted by Crippen LogP contribution is -2.27. The Labute approximate surface area is 187 Å². The van der Waals surface area contributed by atoms with E-state index >= 15 is 0 Å². The lowest BCUT2D eigenvalue weighted by Gasteiger charge is -2.29. The number of nitro benzene ring substituents is 2. The molecule has 4 aromatic rings.